The summed E-state index contributed by atoms with van der Waals surface area (Å²) in [5, 5.41) is 21.8. The number of aliphatic hydroxyl groups excluding tert-OH is 1. The minimum Gasteiger partial charge on any atom is -0.506 e. The van der Waals surface area contributed by atoms with Crippen LogP contribution in [0.1, 0.15) is 23.2 Å². The van der Waals surface area contributed by atoms with Crippen LogP contribution in [0.2, 0.25) is 0 Å². The molecule has 1 amide bonds. The molecule has 1 fully saturated rings. The fourth-order valence-electron chi connectivity index (χ4n) is 1.94. The molecular formula is C12H13I2NO3. The van der Waals surface area contributed by atoms with Crippen LogP contribution < -0.4 is 5.32 Å². The molecule has 3 N–H and O–H groups in total. The summed E-state index contributed by atoms with van der Waals surface area (Å²) in [5.41, 5.74) is 0.311. The summed E-state index contributed by atoms with van der Waals surface area (Å²) >= 11 is 4.12. The molecule has 6 heteroatoms. The number of amides is 1. The minimum absolute atomic E-state index is 0.0298. The molecule has 1 aromatic carbocycles. The summed E-state index contributed by atoms with van der Waals surface area (Å²) in [4.78, 5) is 12.0. The van der Waals surface area contributed by atoms with Crippen molar-refractivity contribution in [3.63, 3.8) is 0 Å². The van der Waals surface area contributed by atoms with E-state index >= 15 is 0 Å². The van der Waals surface area contributed by atoms with Crippen molar-refractivity contribution in [3.8, 4) is 5.75 Å². The summed E-state index contributed by atoms with van der Waals surface area (Å²) in [5.74, 6) is 0.125. The molecular weight excluding hydrogens is 460 g/mol. The molecule has 0 radical (unpaired) electrons. The highest BCUT2D eigenvalue weighted by Crippen LogP contribution is 2.28. The van der Waals surface area contributed by atoms with Gasteiger partial charge in [-0.1, -0.05) is 0 Å². The first kappa shape index (κ1) is 14.3. The lowest BCUT2D eigenvalue weighted by molar-refractivity contribution is 0.0420. The number of hydrogen-bond donors (Lipinski definition) is 3. The first-order valence-electron chi connectivity index (χ1n) is 5.61. The SMILES string of the molecule is O=C(NCC1CC(O)C1)c1cc(I)cc(I)c1O. The molecule has 0 bridgehead atoms. The highest BCUT2D eigenvalue weighted by molar-refractivity contribution is 14.1. The van der Waals surface area contributed by atoms with Crippen LogP contribution in [-0.4, -0.2) is 28.8 Å². The molecule has 0 heterocycles. The van der Waals surface area contributed by atoms with Gasteiger partial charge in [0.2, 0.25) is 0 Å². The van der Waals surface area contributed by atoms with Gasteiger partial charge < -0.3 is 15.5 Å². The fourth-order valence-corrected chi connectivity index (χ4v) is 3.78. The summed E-state index contributed by atoms with van der Waals surface area (Å²) in [7, 11) is 0. The molecule has 0 unspecified atom stereocenters. The van der Waals surface area contributed by atoms with E-state index in [1.54, 1.807) is 6.07 Å². The Bertz CT molecular complexity index is 473. The van der Waals surface area contributed by atoms with Gasteiger partial charge in [0.15, 0.2) is 0 Å². The number of hydrogen-bond acceptors (Lipinski definition) is 3. The van der Waals surface area contributed by atoms with Crippen LogP contribution >= 0.6 is 45.2 Å². The number of aliphatic hydroxyl groups is 1. The normalized spacial score (nSPS) is 22.4. The van der Waals surface area contributed by atoms with E-state index < -0.39 is 0 Å². The molecule has 98 valence electrons. The molecule has 1 aromatic rings. The lowest BCUT2D eigenvalue weighted by Crippen LogP contribution is -2.38. The van der Waals surface area contributed by atoms with E-state index in [0.29, 0.717) is 21.6 Å². The first-order valence-corrected chi connectivity index (χ1v) is 7.77. The summed E-state index contributed by atoms with van der Waals surface area (Å²) in [6, 6.07) is 3.48. The van der Waals surface area contributed by atoms with Crippen molar-refractivity contribution in [1.82, 2.24) is 5.32 Å². The van der Waals surface area contributed by atoms with E-state index in [1.165, 1.54) is 0 Å². The van der Waals surface area contributed by atoms with E-state index in [9.17, 15) is 9.90 Å². The molecule has 0 atom stereocenters. The van der Waals surface area contributed by atoms with Crippen molar-refractivity contribution >= 4 is 51.1 Å². The molecule has 0 saturated heterocycles. The standard InChI is InChI=1S/C12H13I2NO3/c13-7-3-9(11(17)10(14)4-7)12(18)15-5-6-1-8(16)2-6/h3-4,6,8,16-17H,1-2,5H2,(H,15,18). The van der Waals surface area contributed by atoms with Crippen LogP contribution in [-0.2, 0) is 0 Å². The Morgan fingerprint density at radius 3 is 2.67 bits per heavy atom. The largest absolute Gasteiger partial charge is 0.506 e. The monoisotopic (exact) mass is 473 g/mol. The van der Waals surface area contributed by atoms with E-state index in [-0.39, 0.29) is 17.8 Å². The third-order valence-corrected chi connectivity index (χ3v) is 4.48. The smallest absolute Gasteiger partial charge is 0.255 e. The number of rotatable bonds is 3. The Morgan fingerprint density at radius 1 is 1.39 bits per heavy atom. The molecule has 1 aliphatic rings. The van der Waals surface area contributed by atoms with Gasteiger partial charge in [-0.2, -0.15) is 0 Å². The number of carbonyl (C=O) groups excluding carboxylic acids is 1. The number of phenols is 1. The molecule has 1 aliphatic carbocycles. The maximum absolute atomic E-state index is 12.0. The second-order valence-electron chi connectivity index (χ2n) is 4.49. The number of carbonyl (C=O) groups is 1. The van der Waals surface area contributed by atoms with Crippen molar-refractivity contribution < 1.29 is 15.0 Å². The van der Waals surface area contributed by atoms with Gasteiger partial charge in [0.05, 0.1) is 15.2 Å². The van der Waals surface area contributed by atoms with Crippen molar-refractivity contribution in [1.29, 1.82) is 0 Å². The highest BCUT2D eigenvalue weighted by atomic mass is 127. The van der Waals surface area contributed by atoms with Crippen molar-refractivity contribution in [2.75, 3.05) is 6.54 Å². The number of benzene rings is 1. The second-order valence-corrected chi connectivity index (χ2v) is 6.89. The first-order chi connectivity index (χ1) is 8.47. The van der Waals surface area contributed by atoms with Crippen molar-refractivity contribution in [3.05, 3.63) is 24.8 Å². The fraction of sp³-hybridized carbons (Fsp3) is 0.417. The van der Waals surface area contributed by atoms with Gasteiger partial charge in [0.25, 0.3) is 5.91 Å². The molecule has 0 aromatic heterocycles. The van der Waals surface area contributed by atoms with Crippen LogP contribution in [0.5, 0.6) is 5.75 Å². The molecule has 18 heavy (non-hydrogen) atoms. The molecule has 1 saturated carbocycles. The average Bonchev–Trinajstić information content (AvgIpc) is 2.27. The van der Waals surface area contributed by atoms with Gasteiger partial charge in [0.1, 0.15) is 5.75 Å². The third kappa shape index (κ3) is 3.27. The maximum Gasteiger partial charge on any atom is 0.255 e. The summed E-state index contributed by atoms with van der Waals surface area (Å²) < 4.78 is 1.59. The van der Waals surface area contributed by atoms with Crippen LogP contribution in [0, 0.1) is 13.1 Å². The molecule has 0 aliphatic heterocycles. The Labute approximate surface area is 132 Å². The average molecular weight is 473 g/mol. The quantitative estimate of drug-likeness (QED) is 0.590. The number of halogens is 2. The maximum atomic E-state index is 12.0. The van der Waals surface area contributed by atoms with Gasteiger partial charge in [-0.15, -0.1) is 0 Å². The Morgan fingerprint density at radius 2 is 2.06 bits per heavy atom. The van der Waals surface area contributed by atoms with Gasteiger partial charge >= 0.3 is 0 Å². The predicted octanol–water partition coefficient (Wildman–Crippen LogP) is 2.10. The third-order valence-electron chi connectivity index (χ3n) is 3.03. The lowest BCUT2D eigenvalue weighted by Gasteiger charge is -2.31. The Hall–Kier alpha value is -0.0900. The van der Waals surface area contributed by atoms with E-state index in [4.69, 9.17) is 5.11 Å². The van der Waals surface area contributed by atoms with Crippen LogP contribution in [0.15, 0.2) is 12.1 Å². The lowest BCUT2D eigenvalue weighted by atomic mass is 9.82. The van der Waals surface area contributed by atoms with Gasteiger partial charge in [0, 0.05) is 10.1 Å². The van der Waals surface area contributed by atoms with Gasteiger partial charge in [-0.3, -0.25) is 4.79 Å². The molecule has 4 nitrogen and oxygen atoms in total. The molecule has 2 rings (SSSR count). The van der Waals surface area contributed by atoms with Gasteiger partial charge in [-0.05, 0) is 76.1 Å². The molecule has 0 spiro atoms. The van der Waals surface area contributed by atoms with Crippen LogP contribution in [0.3, 0.4) is 0 Å². The Kier molecular flexibility index (Phi) is 4.70. The van der Waals surface area contributed by atoms with Crippen molar-refractivity contribution in [2.45, 2.75) is 18.9 Å². The highest BCUT2D eigenvalue weighted by Gasteiger charge is 2.27. The number of phenolic OH excluding ortho intramolecular Hbond substituents is 1. The van der Waals surface area contributed by atoms with E-state index in [0.717, 1.165) is 16.4 Å². The number of nitrogens with one attached hydrogen (secondary N) is 1. The zero-order chi connectivity index (χ0) is 13.3. The van der Waals surface area contributed by atoms with Crippen LogP contribution in [0.25, 0.3) is 0 Å². The predicted molar refractivity (Wildman–Crippen MR) is 84.6 cm³/mol. The van der Waals surface area contributed by atoms with E-state index in [1.807, 2.05) is 28.7 Å². The summed E-state index contributed by atoms with van der Waals surface area (Å²) in [6.45, 7) is 0.553. The minimum atomic E-state index is -0.259. The zero-order valence-electron chi connectivity index (χ0n) is 9.49. The van der Waals surface area contributed by atoms with Crippen molar-refractivity contribution in [2.24, 2.45) is 5.92 Å². The summed E-state index contributed by atoms with van der Waals surface area (Å²) in [6.07, 6.45) is 1.28. The van der Waals surface area contributed by atoms with Gasteiger partial charge in [-0.25, -0.2) is 0 Å². The van der Waals surface area contributed by atoms with E-state index in [2.05, 4.69) is 27.9 Å². The zero-order valence-corrected chi connectivity index (χ0v) is 13.8. The Balaban J connectivity index is 2.00. The second kappa shape index (κ2) is 5.91. The van der Waals surface area contributed by atoms with Crippen LogP contribution in [0.4, 0.5) is 0 Å². The topological polar surface area (TPSA) is 69.6 Å². The number of aromatic hydroxyl groups is 1.